The average Bonchev–Trinajstić information content (AvgIpc) is 3.73. The largest absolute Gasteiger partial charge is 0.385 e. The van der Waals surface area contributed by atoms with Crippen LogP contribution in [0.3, 0.4) is 0 Å². The summed E-state index contributed by atoms with van der Waals surface area (Å²) in [5.74, 6) is 0.152. The molecule has 0 fully saturated rings. The number of thiophene rings is 1. The van der Waals surface area contributed by atoms with Crippen LogP contribution in [-0.4, -0.2) is 61.2 Å². The van der Waals surface area contributed by atoms with Gasteiger partial charge in [0.1, 0.15) is 22.6 Å². The van der Waals surface area contributed by atoms with Gasteiger partial charge in [-0.15, -0.1) is 21.5 Å². The summed E-state index contributed by atoms with van der Waals surface area (Å²) in [4.78, 5) is 59.3. The number of hydrogen-bond donors (Lipinski definition) is 4. The third-order valence-electron chi connectivity index (χ3n) is 8.47. The van der Waals surface area contributed by atoms with E-state index < -0.39 is 16.9 Å². The summed E-state index contributed by atoms with van der Waals surface area (Å²) in [6.07, 6.45) is 0.633. The maximum atomic E-state index is 13.3. The van der Waals surface area contributed by atoms with E-state index in [0.29, 0.717) is 41.9 Å². The van der Waals surface area contributed by atoms with Gasteiger partial charge in [-0.25, -0.2) is 4.98 Å². The predicted octanol–water partition coefficient (Wildman–Crippen LogP) is 6.69. The van der Waals surface area contributed by atoms with Gasteiger partial charge in [0.2, 0.25) is 11.8 Å². The number of halogens is 1. The molecule has 1 aliphatic rings. The zero-order chi connectivity index (χ0) is 38.0. The van der Waals surface area contributed by atoms with E-state index in [2.05, 4.69) is 50.3 Å². The number of fused-ring (bicyclic) bond motifs is 3. The van der Waals surface area contributed by atoms with E-state index in [0.717, 1.165) is 43.6 Å². The summed E-state index contributed by atoms with van der Waals surface area (Å²) >= 11 is 8.61. The van der Waals surface area contributed by atoms with Crippen LogP contribution in [0, 0.1) is 37.8 Å². The zero-order valence-electron chi connectivity index (χ0n) is 29.4. The summed E-state index contributed by atoms with van der Waals surface area (Å²) in [7, 11) is 0. The first kappa shape index (κ1) is 37.2. The molecule has 0 saturated carbocycles. The molecule has 0 spiro atoms. The van der Waals surface area contributed by atoms with Crippen molar-refractivity contribution in [1.29, 1.82) is 0 Å². The Bertz CT molecular complexity index is 2280. The summed E-state index contributed by atoms with van der Waals surface area (Å²) in [5.41, 5.74) is 4.99. The lowest BCUT2D eigenvalue weighted by atomic mass is 9.99. The average molecular weight is 775 g/mol. The smallest absolute Gasteiger partial charge is 0.348 e. The van der Waals surface area contributed by atoms with Crippen molar-refractivity contribution >= 4 is 79.2 Å². The van der Waals surface area contributed by atoms with Crippen molar-refractivity contribution in [2.45, 2.75) is 53.5 Å². The Morgan fingerprint density at radius 1 is 1.00 bits per heavy atom. The van der Waals surface area contributed by atoms with Crippen molar-refractivity contribution in [3.05, 3.63) is 102 Å². The number of thiazole rings is 1. The summed E-state index contributed by atoms with van der Waals surface area (Å²) < 4.78 is 2.00. The van der Waals surface area contributed by atoms with E-state index in [1.807, 2.05) is 35.8 Å². The van der Waals surface area contributed by atoms with Crippen LogP contribution in [0.2, 0.25) is 5.02 Å². The number of aromatic nitrogens is 4. The van der Waals surface area contributed by atoms with E-state index in [4.69, 9.17) is 16.6 Å². The molecular formula is C35H35ClN10O5S2. The van der Waals surface area contributed by atoms with Crippen molar-refractivity contribution < 1.29 is 19.3 Å². The number of nitrogens with zero attached hydrogens (tertiary/aromatic N) is 6. The van der Waals surface area contributed by atoms with Crippen LogP contribution >= 0.6 is 34.3 Å². The van der Waals surface area contributed by atoms with Crippen molar-refractivity contribution in [2.24, 2.45) is 4.99 Å². The molecule has 15 nitrogen and oxygen atoms in total. The molecule has 1 atom stereocenters. The van der Waals surface area contributed by atoms with E-state index >= 15 is 0 Å². The minimum atomic E-state index is -0.586. The molecule has 0 unspecified atom stereocenters. The fourth-order valence-corrected chi connectivity index (χ4v) is 7.97. The lowest BCUT2D eigenvalue weighted by molar-refractivity contribution is -0.380. The van der Waals surface area contributed by atoms with Crippen LogP contribution in [0.15, 0.2) is 47.5 Å². The Morgan fingerprint density at radius 2 is 1.75 bits per heavy atom. The van der Waals surface area contributed by atoms with Crippen molar-refractivity contribution in [3.63, 3.8) is 0 Å². The maximum Gasteiger partial charge on any atom is 0.348 e. The van der Waals surface area contributed by atoms with Crippen LogP contribution in [-0.2, 0) is 9.59 Å². The molecule has 3 amide bonds. The molecule has 4 N–H and O–H groups in total. The van der Waals surface area contributed by atoms with E-state index in [9.17, 15) is 24.5 Å². The second kappa shape index (κ2) is 15.6. The normalized spacial score (nSPS) is 13.3. The van der Waals surface area contributed by atoms with E-state index in [1.165, 1.54) is 19.9 Å². The molecule has 0 aliphatic carbocycles. The molecule has 0 saturated heterocycles. The second-order valence-corrected chi connectivity index (χ2v) is 14.9. The highest BCUT2D eigenvalue weighted by Crippen LogP contribution is 2.39. The Morgan fingerprint density at radius 3 is 2.45 bits per heavy atom. The van der Waals surface area contributed by atoms with Crippen LogP contribution < -0.4 is 21.3 Å². The van der Waals surface area contributed by atoms with Crippen molar-refractivity contribution in [3.8, 4) is 5.00 Å². The fourth-order valence-electron chi connectivity index (χ4n) is 5.85. The number of hydrogen-bond acceptors (Lipinski definition) is 12. The van der Waals surface area contributed by atoms with Crippen LogP contribution in [0.25, 0.3) is 5.00 Å². The van der Waals surface area contributed by atoms with Gasteiger partial charge in [-0.1, -0.05) is 23.7 Å². The molecule has 53 heavy (non-hydrogen) atoms. The van der Waals surface area contributed by atoms with E-state index in [1.54, 1.807) is 23.5 Å². The molecule has 2 aromatic carbocycles. The number of carbonyl (C=O) groups is 3. The summed E-state index contributed by atoms with van der Waals surface area (Å²) in [5, 5.41) is 33.0. The Labute approximate surface area is 317 Å². The SMILES string of the molecule is CC(=O)Nc1cc(NCCCNC(=O)C[C@@H]2N=C(c3ccc(Cl)cc3)c3c(sc(C)c3C)-n3c(C)nnc32)ccc1C(=O)Nc1nc(C)c([N+](=O)[O-])s1. The fraction of sp³-hybridized carbons (Fsp3) is 0.286. The number of rotatable bonds is 12. The Kier molecular flexibility index (Phi) is 11.0. The van der Waals surface area contributed by atoms with Gasteiger partial charge in [0.25, 0.3) is 5.91 Å². The molecule has 274 valence electrons. The Balaban J connectivity index is 1.10. The molecule has 0 radical (unpaired) electrons. The quantitative estimate of drug-likeness (QED) is 0.0606. The summed E-state index contributed by atoms with van der Waals surface area (Å²) in [6.45, 7) is 9.70. The van der Waals surface area contributed by atoms with Crippen LogP contribution in [0.1, 0.15) is 75.1 Å². The standard InChI is InChI=1S/C35H35ClN10O5S2/c1-17-19(3)52-34-29(17)30(22-7-9-23(36)10-8-22)41-27(31-44-43-20(4)45(31)34)16-28(48)38-14-6-13-37-24-11-12-25(26(15-24)40-21(5)47)32(49)42-35-39-18(2)33(53-35)46(50)51/h7-12,15,27,37H,6,13-14,16H2,1-5H3,(H,38,48)(H,40,47)(H,39,42,49)/t27-/m0/s1. The molecule has 5 aromatic rings. The first-order valence-electron chi connectivity index (χ1n) is 16.5. The molecule has 6 rings (SSSR count). The number of nitrogens with one attached hydrogen (secondary N) is 4. The van der Waals surface area contributed by atoms with Gasteiger partial charge >= 0.3 is 5.00 Å². The van der Waals surface area contributed by atoms with Gasteiger partial charge in [0.15, 0.2) is 11.0 Å². The third kappa shape index (κ3) is 8.11. The maximum absolute atomic E-state index is 13.3. The van der Waals surface area contributed by atoms with E-state index in [-0.39, 0.29) is 45.3 Å². The predicted molar refractivity (Wildman–Crippen MR) is 206 cm³/mol. The van der Waals surface area contributed by atoms with Crippen molar-refractivity contribution in [1.82, 2.24) is 25.1 Å². The lowest BCUT2D eigenvalue weighted by Crippen LogP contribution is -2.27. The highest BCUT2D eigenvalue weighted by molar-refractivity contribution is 7.19. The highest BCUT2D eigenvalue weighted by Gasteiger charge is 2.32. The number of anilines is 3. The summed E-state index contributed by atoms with van der Waals surface area (Å²) in [6, 6.07) is 11.8. The first-order valence-corrected chi connectivity index (χ1v) is 18.5. The monoisotopic (exact) mass is 774 g/mol. The van der Waals surface area contributed by atoms with Crippen LogP contribution in [0.4, 0.5) is 21.5 Å². The number of nitro groups is 1. The second-order valence-electron chi connectivity index (χ2n) is 12.3. The third-order valence-corrected chi connectivity index (χ3v) is 10.9. The number of aliphatic imine (C=N–C) groups is 1. The van der Waals surface area contributed by atoms with Gasteiger partial charge in [-0.05, 0) is 81.3 Å². The molecule has 18 heteroatoms. The molecule has 4 heterocycles. The number of aryl methyl sites for hydroxylation is 3. The number of amides is 3. The lowest BCUT2D eigenvalue weighted by Gasteiger charge is -2.14. The molecule has 0 bridgehead atoms. The number of carbonyl (C=O) groups excluding carboxylic acids is 3. The van der Waals surface area contributed by atoms with Gasteiger partial charge < -0.3 is 16.0 Å². The minimum absolute atomic E-state index is 0.0626. The zero-order valence-corrected chi connectivity index (χ0v) is 31.8. The van der Waals surface area contributed by atoms with Crippen LogP contribution in [0.5, 0.6) is 0 Å². The molecular weight excluding hydrogens is 740 g/mol. The first-order chi connectivity index (χ1) is 25.3. The van der Waals surface area contributed by atoms with Gasteiger partial charge in [-0.3, -0.25) is 39.4 Å². The topological polar surface area (TPSA) is 198 Å². The highest BCUT2D eigenvalue weighted by atomic mass is 35.5. The number of benzene rings is 2. The minimum Gasteiger partial charge on any atom is -0.385 e. The van der Waals surface area contributed by atoms with Gasteiger partial charge in [-0.2, -0.15) is 0 Å². The van der Waals surface area contributed by atoms with Gasteiger partial charge in [0.05, 0.1) is 28.3 Å². The van der Waals surface area contributed by atoms with Gasteiger partial charge in [0, 0.05) is 46.7 Å². The molecule has 3 aromatic heterocycles. The Hall–Kier alpha value is -5.52. The van der Waals surface area contributed by atoms with Crippen molar-refractivity contribution in [2.75, 3.05) is 29.0 Å². The molecule has 1 aliphatic heterocycles.